The van der Waals surface area contributed by atoms with E-state index in [4.69, 9.17) is 4.74 Å². The molecule has 2 saturated heterocycles. The van der Waals surface area contributed by atoms with Gasteiger partial charge in [-0.1, -0.05) is 0 Å². The van der Waals surface area contributed by atoms with Crippen molar-refractivity contribution in [1.82, 2.24) is 19.5 Å². The first-order chi connectivity index (χ1) is 11.1. The largest absolute Gasteiger partial charge is 0.381 e. The Bertz CT molecular complexity index is 761. The van der Waals surface area contributed by atoms with E-state index in [9.17, 15) is 4.79 Å². The number of aromatic nitrogens is 3. The van der Waals surface area contributed by atoms with Gasteiger partial charge in [-0.3, -0.25) is 4.79 Å². The molecule has 4 heterocycles. The maximum atomic E-state index is 12.9. The lowest BCUT2D eigenvalue weighted by molar-refractivity contribution is 0.0457. The Labute approximate surface area is 135 Å². The van der Waals surface area contributed by atoms with E-state index in [1.165, 1.54) is 0 Å². The van der Waals surface area contributed by atoms with Crippen LogP contribution in [0.4, 0.5) is 0 Å². The van der Waals surface area contributed by atoms with Crippen molar-refractivity contribution in [3.05, 3.63) is 29.2 Å². The molecule has 2 fully saturated rings. The number of fused-ring (bicyclic) bond motifs is 1. The van der Waals surface area contributed by atoms with Crippen LogP contribution in [0.25, 0.3) is 5.65 Å². The van der Waals surface area contributed by atoms with E-state index in [0.29, 0.717) is 5.69 Å². The molecular formula is C17H22N4O2. The number of rotatable bonds is 1. The molecule has 0 N–H and O–H groups in total. The molecule has 2 aromatic heterocycles. The number of ether oxygens (including phenoxy) is 1. The molecule has 0 bridgehead atoms. The highest BCUT2D eigenvalue weighted by Gasteiger charge is 2.40. The summed E-state index contributed by atoms with van der Waals surface area (Å²) in [7, 11) is 0. The molecule has 0 unspecified atom stereocenters. The van der Waals surface area contributed by atoms with Gasteiger partial charge >= 0.3 is 0 Å². The van der Waals surface area contributed by atoms with Gasteiger partial charge in [0.25, 0.3) is 5.91 Å². The third-order valence-corrected chi connectivity index (χ3v) is 5.09. The molecule has 0 aliphatic carbocycles. The second-order valence-corrected chi connectivity index (χ2v) is 6.97. The summed E-state index contributed by atoms with van der Waals surface area (Å²) in [5, 5.41) is 4.48. The molecule has 4 rings (SSSR count). The Morgan fingerprint density at radius 2 is 2.17 bits per heavy atom. The van der Waals surface area contributed by atoms with Crippen molar-refractivity contribution in [3.8, 4) is 0 Å². The predicted octanol–water partition coefficient (Wildman–Crippen LogP) is 1.99. The Kier molecular flexibility index (Phi) is 3.37. The number of carbonyl (C=O) groups is 1. The van der Waals surface area contributed by atoms with Gasteiger partial charge in [-0.2, -0.15) is 5.10 Å². The summed E-state index contributed by atoms with van der Waals surface area (Å²) in [4.78, 5) is 19.3. The van der Waals surface area contributed by atoms with Crippen molar-refractivity contribution in [1.29, 1.82) is 0 Å². The highest BCUT2D eigenvalue weighted by atomic mass is 16.5. The lowest BCUT2D eigenvalue weighted by Gasteiger charge is -2.39. The second kappa shape index (κ2) is 5.30. The SMILES string of the molecule is Cc1cc(C)n2nc(C(=O)N3CCC[C@@]4(CCOC4)C3)cc2n1. The van der Waals surface area contributed by atoms with Crippen LogP contribution in [0.2, 0.25) is 0 Å². The van der Waals surface area contributed by atoms with Gasteiger partial charge in [-0.05, 0) is 39.2 Å². The summed E-state index contributed by atoms with van der Waals surface area (Å²) >= 11 is 0. The predicted molar refractivity (Wildman–Crippen MR) is 85.5 cm³/mol. The van der Waals surface area contributed by atoms with Gasteiger partial charge in [0.15, 0.2) is 11.3 Å². The maximum Gasteiger partial charge on any atom is 0.274 e. The summed E-state index contributed by atoms with van der Waals surface area (Å²) in [6.07, 6.45) is 3.25. The van der Waals surface area contributed by atoms with Gasteiger partial charge in [0.2, 0.25) is 0 Å². The quantitative estimate of drug-likeness (QED) is 0.807. The van der Waals surface area contributed by atoms with E-state index in [0.717, 1.165) is 62.6 Å². The van der Waals surface area contributed by atoms with Crippen molar-refractivity contribution in [3.63, 3.8) is 0 Å². The van der Waals surface area contributed by atoms with Crippen molar-refractivity contribution in [2.45, 2.75) is 33.1 Å². The lowest BCUT2D eigenvalue weighted by Crippen LogP contribution is -2.46. The van der Waals surface area contributed by atoms with Gasteiger partial charge < -0.3 is 9.64 Å². The summed E-state index contributed by atoms with van der Waals surface area (Å²) in [5.41, 5.74) is 3.32. The molecule has 2 aliphatic rings. The highest BCUT2D eigenvalue weighted by molar-refractivity contribution is 5.93. The summed E-state index contributed by atoms with van der Waals surface area (Å²) in [5.74, 6) is 0.0125. The van der Waals surface area contributed by atoms with E-state index in [1.807, 2.05) is 24.8 Å². The monoisotopic (exact) mass is 314 g/mol. The zero-order valence-corrected chi connectivity index (χ0v) is 13.7. The molecular weight excluding hydrogens is 292 g/mol. The molecule has 2 aliphatic heterocycles. The first-order valence-electron chi connectivity index (χ1n) is 8.27. The van der Waals surface area contributed by atoms with E-state index in [-0.39, 0.29) is 11.3 Å². The second-order valence-electron chi connectivity index (χ2n) is 6.97. The van der Waals surface area contributed by atoms with Gasteiger partial charge in [-0.25, -0.2) is 9.50 Å². The van der Waals surface area contributed by atoms with Crippen molar-refractivity contribution in [2.24, 2.45) is 5.41 Å². The van der Waals surface area contributed by atoms with Crippen LogP contribution in [0.5, 0.6) is 0 Å². The molecule has 23 heavy (non-hydrogen) atoms. The molecule has 0 saturated carbocycles. The maximum absolute atomic E-state index is 12.9. The zero-order valence-electron chi connectivity index (χ0n) is 13.7. The molecule has 2 aromatic rings. The Morgan fingerprint density at radius 1 is 1.30 bits per heavy atom. The Morgan fingerprint density at radius 3 is 2.96 bits per heavy atom. The lowest BCUT2D eigenvalue weighted by atomic mass is 9.79. The average Bonchev–Trinajstić information content (AvgIpc) is 3.14. The molecule has 0 aromatic carbocycles. The smallest absolute Gasteiger partial charge is 0.274 e. The topological polar surface area (TPSA) is 59.7 Å². The zero-order chi connectivity index (χ0) is 16.0. The normalized spacial score (nSPS) is 24.7. The molecule has 1 atom stereocenters. The number of hydrogen-bond acceptors (Lipinski definition) is 4. The van der Waals surface area contributed by atoms with Crippen LogP contribution < -0.4 is 0 Å². The number of carbonyl (C=O) groups excluding carboxylic acids is 1. The summed E-state index contributed by atoms with van der Waals surface area (Å²) in [6.45, 7) is 7.12. The van der Waals surface area contributed by atoms with Crippen molar-refractivity contribution >= 4 is 11.6 Å². The fourth-order valence-electron chi connectivity index (χ4n) is 3.91. The minimum absolute atomic E-state index is 0.0125. The summed E-state index contributed by atoms with van der Waals surface area (Å²) in [6, 6.07) is 3.77. The third kappa shape index (κ3) is 2.51. The van der Waals surface area contributed by atoms with Crippen LogP contribution in [0, 0.1) is 19.3 Å². The van der Waals surface area contributed by atoms with Crippen LogP contribution in [-0.4, -0.2) is 51.7 Å². The van der Waals surface area contributed by atoms with Crippen molar-refractivity contribution < 1.29 is 9.53 Å². The van der Waals surface area contributed by atoms with Crippen LogP contribution in [0.15, 0.2) is 12.1 Å². The number of aryl methyl sites for hydroxylation is 2. The van der Waals surface area contributed by atoms with E-state index < -0.39 is 0 Å². The number of likely N-dealkylation sites (tertiary alicyclic amines) is 1. The van der Waals surface area contributed by atoms with E-state index in [1.54, 1.807) is 10.6 Å². The molecule has 1 spiro atoms. The number of nitrogens with zero attached hydrogens (tertiary/aromatic N) is 4. The molecule has 122 valence electrons. The van der Waals surface area contributed by atoms with E-state index >= 15 is 0 Å². The Hall–Kier alpha value is -1.95. The average molecular weight is 314 g/mol. The van der Waals surface area contributed by atoms with Gasteiger partial charge in [0.1, 0.15) is 0 Å². The van der Waals surface area contributed by atoms with Crippen LogP contribution in [0.3, 0.4) is 0 Å². The molecule has 1 amide bonds. The first-order valence-corrected chi connectivity index (χ1v) is 8.27. The fourth-order valence-corrected chi connectivity index (χ4v) is 3.91. The fraction of sp³-hybridized carbons (Fsp3) is 0.588. The molecule has 0 radical (unpaired) electrons. The van der Waals surface area contributed by atoms with Crippen LogP contribution >= 0.6 is 0 Å². The molecule has 6 nitrogen and oxygen atoms in total. The van der Waals surface area contributed by atoms with Crippen LogP contribution in [0.1, 0.15) is 41.1 Å². The number of piperidine rings is 1. The van der Waals surface area contributed by atoms with Crippen LogP contribution in [-0.2, 0) is 4.74 Å². The summed E-state index contributed by atoms with van der Waals surface area (Å²) < 4.78 is 7.33. The Balaban J connectivity index is 1.62. The van der Waals surface area contributed by atoms with Gasteiger partial charge in [0, 0.05) is 42.6 Å². The van der Waals surface area contributed by atoms with Crippen molar-refractivity contribution in [2.75, 3.05) is 26.3 Å². The third-order valence-electron chi connectivity index (χ3n) is 5.09. The first kappa shape index (κ1) is 14.6. The van der Waals surface area contributed by atoms with E-state index in [2.05, 4.69) is 10.1 Å². The standard InChI is InChI=1S/C17H22N4O2/c1-12-8-13(2)21-15(18-12)9-14(19-21)16(22)20-6-3-4-17(10-20)5-7-23-11-17/h8-9H,3-7,10-11H2,1-2H3/t17-/m1/s1. The van der Waals surface area contributed by atoms with Gasteiger partial charge in [-0.15, -0.1) is 0 Å². The minimum Gasteiger partial charge on any atom is -0.381 e. The number of hydrogen-bond donors (Lipinski definition) is 0. The highest BCUT2D eigenvalue weighted by Crippen LogP contribution is 2.37. The minimum atomic E-state index is 0.0125. The molecule has 6 heteroatoms. The number of amides is 1. The van der Waals surface area contributed by atoms with Gasteiger partial charge in [0.05, 0.1) is 6.61 Å².